The fourth-order valence-electron chi connectivity index (χ4n) is 4.61. The molecule has 9 heteroatoms. The van der Waals surface area contributed by atoms with Gasteiger partial charge in [0.25, 0.3) is 0 Å². The molecular weight excluding hydrogens is 445 g/mol. The number of halogens is 1. The first-order valence-electron chi connectivity index (χ1n) is 11.1. The molecule has 4 rings (SSSR count). The van der Waals surface area contributed by atoms with Crippen molar-refractivity contribution >= 4 is 27.5 Å². The van der Waals surface area contributed by atoms with Crippen molar-refractivity contribution in [1.29, 1.82) is 0 Å². The van der Waals surface area contributed by atoms with Crippen LogP contribution in [0.2, 0.25) is 0 Å². The van der Waals surface area contributed by atoms with Crippen LogP contribution in [0.3, 0.4) is 0 Å². The number of nitrogens with one attached hydrogen (secondary N) is 1. The highest BCUT2D eigenvalue weighted by atomic mass is 32.2. The summed E-state index contributed by atoms with van der Waals surface area (Å²) < 4.78 is 42.0. The predicted molar refractivity (Wildman–Crippen MR) is 123 cm³/mol. The van der Waals surface area contributed by atoms with E-state index in [1.54, 1.807) is 44.2 Å². The van der Waals surface area contributed by atoms with Crippen molar-refractivity contribution in [3.05, 3.63) is 59.9 Å². The van der Waals surface area contributed by atoms with Gasteiger partial charge >= 0.3 is 0 Å². The minimum atomic E-state index is -4.02. The molecule has 7 nitrogen and oxygen atoms in total. The third-order valence-corrected chi connectivity index (χ3v) is 8.32. The molecule has 1 saturated heterocycles. The van der Waals surface area contributed by atoms with Gasteiger partial charge in [-0.05, 0) is 56.5 Å². The number of piperazine rings is 1. The molecule has 0 bridgehead atoms. The van der Waals surface area contributed by atoms with Crippen molar-refractivity contribution < 1.29 is 22.4 Å². The summed E-state index contributed by atoms with van der Waals surface area (Å²) >= 11 is 0. The van der Waals surface area contributed by atoms with Crippen molar-refractivity contribution in [2.75, 3.05) is 18.0 Å². The van der Waals surface area contributed by atoms with Crippen LogP contribution in [0.25, 0.3) is 0 Å². The quantitative estimate of drug-likeness (QED) is 0.723. The highest BCUT2D eigenvalue weighted by molar-refractivity contribution is 7.89. The van der Waals surface area contributed by atoms with Gasteiger partial charge in [0.2, 0.25) is 21.8 Å². The maximum atomic E-state index is 14.4. The minimum Gasteiger partial charge on any atom is -0.351 e. The zero-order chi connectivity index (χ0) is 23.8. The first-order chi connectivity index (χ1) is 15.6. The summed E-state index contributed by atoms with van der Waals surface area (Å²) in [5.41, 5.74) is -0.917. The third kappa shape index (κ3) is 4.39. The zero-order valence-electron chi connectivity index (χ0n) is 18.8. The van der Waals surface area contributed by atoms with Crippen LogP contribution in [0.5, 0.6) is 0 Å². The van der Waals surface area contributed by atoms with Gasteiger partial charge in [-0.15, -0.1) is 0 Å². The van der Waals surface area contributed by atoms with Crippen molar-refractivity contribution in [3.63, 3.8) is 0 Å². The van der Waals surface area contributed by atoms with Gasteiger partial charge in [-0.3, -0.25) is 14.5 Å². The lowest BCUT2D eigenvalue weighted by Gasteiger charge is -2.47. The van der Waals surface area contributed by atoms with E-state index in [0.29, 0.717) is 5.56 Å². The number of carbonyl (C=O) groups excluding carboxylic acids is 2. The molecule has 33 heavy (non-hydrogen) atoms. The molecule has 0 aromatic heterocycles. The number of hydrogen-bond donors (Lipinski definition) is 1. The Morgan fingerprint density at radius 3 is 2.42 bits per heavy atom. The average molecular weight is 474 g/mol. The highest BCUT2D eigenvalue weighted by Gasteiger charge is 2.51. The third-order valence-electron chi connectivity index (χ3n) is 6.51. The van der Waals surface area contributed by atoms with Gasteiger partial charge in [-0.2, -0.15) is 4.31 Å². The van der Waals surface area contributed by atoms with Crippen molar-refractivity contribution in [2.24, 2.45) is 0 Å². The summed E-state index contributed by atoms with van der Waals surface area (Å²) in [5.74, 6) is -1.54. The fourth-order valence-corrected chi connectivity index (χ4v) is 6.11. The number of aryl methyl sites for hydroxylation is 1. The molecule has 0 radical (unpaired) electrons. The smallest absolute Gasteiger partial charge is 0.247 e. The number of benzene rings is 2. The van der Waals surface area contributed by atoms with Crippen LogP contribution >= 0.6 is 0 Å². The van der Waals surface area contributed by atoms with Gasteiger partial charge in [-0.1, -0.05) is 37.1 Å². The molecule has 2 aliphatic rings. The Balaban J connectivity index is 1.74. The maximum absolute atomic E-state index is 14.4. The fraction of sp³-hybridized carbons (Fsp3) is 0.417. The van der Waals surface area contributed by atoms with Gasteiger partial charge in [0, 0.05) is 18.3 Å². The molecule has 1 aliphatic carbocycles. The standard InChI is InChI=1S/C24H28FN3O4S/c1-17-12-13-19(14-21(17)25)28-22(29)15-27(33(31,32)20-10-4-3-5-11-20)16-24(28,2)23(30)26-18-8-6-7-9-18/h3-5,10-14,18H,6-9,15-16H2,1-2H3,(H,26,30)/t24-/m1/s1. The van der Waals surface area contributed by atoms with E-state index in [9.17, 15) is 22.4 Å². The molecule has 1 N–H and O–H groups in total. The average Bonchev–Trinajstić information content (AvgIpc) is 3.29. The van der Waals surface area contributed by atoms with E-state index in [2.05, 4.69) is 5.32 Å². The molecule has 0 spiro atoms. The maximum Gasteiger partial charge on any atom is 0.247 e. The predicted octanol–water partition coefficient (Wildman–Crippen LogP) is 2.99. The van der Waals surface area contributed by atoms with Gasteiger partial charge in [0.15, 0.2) is 0 Å². The largest absolute Gasteiger partial charge is 0.351 e. The number of hydrogen-bond acceptors (Lipinski definition) is 4. The number of sulfonamides is 1. The summed E-state index contributed by atoms with van der Waals surface area (Å²) in [4.78, 5) is 28.2. The van der Waals surface area contributed by atoms with Crippen LogP contribution in [-0.2, 0) is 19.6 Å². The van der Waals surface area contributed by atoms with E-state index in [1.165, 1.54) is 23.1 Å². The molecule has 176 valence electrons. The second-order valence-electron chi connectivity index (χ2n) is 8.98. The second-order valence-corrected chi connectivity index (χ2v) is 10.9. The first kappa shape index (κ1) is 23.4. The van der Waals surface area contributed by atoms with E-state index < -0.39 is 39.7 Å². The Morgan fingerprint density at radius 1 is 1.12 bits per heavy atom. The van der Waals surface area contributed by atoms with Crippen LogP contribution < -0.4 is 10.2 Å². The summed E-state index contributed by atoms with van der Waals surface area (Å²) in [6.45, 7) is 2.46. The Kier molecular flexibility index (Phi) is 6.28. The molecule has 0 unspecified atom stereocenters. The zero-order valence-corrected chi connectivity index (χ0v) is 19.6. The Labute approximate surface area is 193 Å². The van der Waals surface area contributed by atoms with Gasteiger partial charge in [0.05, 0.1) is 11.4 Å². The molecular formula is C24H28FN3O4S. The minimum absolute atomic E-state index is 0.0258. The van der Waals surface area contributed by atoms with E-state index in [1.807, 2.05) is 0 Å². The van der Waals surface area contributed by atoms with Crippen LogP contribution in [0.4, 0.5) is 10.1 Å². The molecule has 1 aliphatic heterocycles. The van der Waals surface area contributed by atoms with Crippen LogP contribution in [0.1, 0.15) is 38.2 Å². The van der Waals surface area contributed by atoms with Gasteiger partial charge in [-0.25, -0.2) is 12.8 Å². The monoisotopic (exact) mass is 473 g/mol. The van der Waals surface area contributed by atoms with Gasteiger partial charge < -0.3 is 5.32 Å². The summed E-state index contributed by atoms with van der Waals surface area (Å²) in [6, 6.07) is 12.1. The number of carbonyl (C=O) groups is 2. The van der Waals surface area contributed by atoms with Crippen molar-refractivity contribution in [1.82, 2.24) is 9.62 Å². The molecule has 1 saturated carbocycles. The lowest BCUT2D eigenvalue weighted by molar-refractivity contribution is -0.133. The number of nitrogens with zero attached hydrogens (tertiary/aromatic N) is 2. The first-order valence-corrected chi connectivity index (χ1v) is 12.5. The molecule has 1 heterocycles. The lowest BCUT2D eigenvalue weighted by Crippen LogP contribution is -2.70. The molecule has 2 amide bonds. The Morgan fingerprint density at radius 2 is 1.79 bits per heavy atom. The Hall–Kier alpha value is -2.78. The normalized spacial score (nSPS) is 22.5. The number of amides is 2. The number of anilines is 1. The number of rotatable bonds is 5. The second kappa shape index (κ2) is 8.87. The van der Waals surface area contributed by atoms with Crippen LogP contribution in [0, 0.1) is 12.7 Å². The van der Waals surface area contributed by atoms with E-state index in [0.717, 1.165) is 30.0 Å². The molecule has 2 fully saturated rings. The SMILES string of the molecule is Cc1ccc(N2C(=O)CN(S(=O)(=O)c3ccccc3)C[C@]2(C)C(=O)NC2CCCC2)cc1F. The lowest BCUT2D eigenvalue weighted by atomic mass is 9.93. The van der Waals surface area contributed by atoms with Crippen LogP contribution in [0.15, 0.2) is 53.4 Å². The summed E-state index contributed by atoms with van der Waals surface area (Å²) in [7, 11) is -4.02. The summed E-state index contributed by atoms with van der Waals surface area (Å²) in [5, 5.41) is 3.00. The van der Waals surface area contributed by atoms with E-state index >= 15 is 0 Å². The molecule has 1 atom stereocenters. The highest BCUT2D eigenvalue weighted by Crippen LogP contribution is 2.33. The van der Waals surface area contributed by atoms with Crippen molar-refractivity contribution in [3.8, 4) is 0 Å². The summed E-state index contributed by atoms with van der Waals surface area (Å²) in [6.07, 6.45) is 3.67. The Bertz CT molecular complexity index is 1170. The molecule has 2 aromatic rings. The van der Waals surface area contributed by atoms with E-state index in [-0.39, 0.29) is 23.2 Å². The van der Waals surface area contributed by atoms with Crippen LogP contribution in [-0.4, -0.2) is 49.2 Å². The van der Waals surface area contributed by atoms with Gasteiger partial charge in [0.1, 0.15) is 11.4 Å². The van der Waals surface area contributed by atoms with E-state index in [4.69, 9.17) is 0 Å². The topological polar surface area (TPSA) is 86.8 Å². The molecule has 2 aromatic carbocycles. The van der Waals surface area contributed by atoms with Crippen molar-refractivity contribution in [2.45, 2.75) is 56.0 Å².